The van der Waals surface area contributed by atoms with E-state index in [9.17, 15) is 9.18 Å². The molecule has 0 bridgehead atoms. The summed E-state index contributed by atoms with van der Waals surface area (Å²) in [6.45, 7) is 0. The van der Waals surface area contributed by atoms with Gasteiger partial charge in [-0.05, 0) is 17.4 Å². The molecule has 0 unspecified atom stereocenters. The van der Waals surface area contributed by atoms with E-state index in [0.29, 0.717) is 4.80 Å². The Labute approximate surface area is 117 Å². The van der Waals surface area contributed by atoms with E-state index in [1.54, 1.807) is 14.1 Å². The molecular formula is C12H11FN4O2S. The molecule has 2 aromatic rings. The van der Waals surface area contributed by atoms with Crippen LogP contribution in [0.15, 0.2) is 21.9 Å². The number of aromatic nitrogens is 2. The third-order valence-corrected chi connectivity index (χ3v) is 3.75. The topological polar surface area (TPSA) is 72.3 Å². The first kappa shape index (κ1) is 14.0. The second kappa shape index (κ2) is 5.30. The quantitative estimate of drug-likeness (QED) is 0.830. The standard InChI is InChI=1S/C12H11FN4O2S/c1-16-11(20-12(18)17(16)2)15-9-5-10(19-3)7(6-14)4-8(9)13/h4-5H,1-3H3. The van der Waals surface area contributed by atoms with Crippen molar-refractivity contribution in [1.29, 1.82) is 5.26 Å². The fourth-order valence-electron chi connectivity index (χ4n) is 1.54. The Hall–Kier alpha value is -2.40. The van der Waals surface area contributed by atoms with Crippen LogP contribution in [0, 0.1) is 17.1 Å². The third kappa shape index (κ3) is 2.35. The highest BCUT2D eigenvalue weighted by molar-refractivity contribution is 7.06. The molecule has 0 aliphatic rings. The Morgan fingerprint density at radius 3 is 2.60 bits per heavy atom. The highest BCUT2D eigenvalue weighted by atomic mass is 32.1. The molecule has 1 aromatic heterocycles. The first-order valence-electron chi connectivity index (χ1n) is 5.53. The molecule has 0 saturated carbocycles. The average Bonchev–Trinajstić information content (AvgIpc) is 2.68. The van der Waals surface area contributed by atoms with E-state index in [1.807, 2.05) is 6.07 Å². The van der Waals surface area contributed by atoms with Gasteiger partial charge in [0.25, 0.3) is 0 Å². The van der Waals surface area contributed by atoms with Crippen LogP contribution in [0.4, 0.5) is 10.1 Å². The largest absolute Gasteiger partial charge is 0.495 e. The lowest BCUT2D eigenvalue weighted by Gasteiger charge is -2.04. The molecule has 20 heavy (non-hydrogen) atoms. The molecule has 0 saturated heterocycles. The smallest absolute Gasteiger partial charge is 0.324 e. The maximum atomic E-state index is 13.9. The van der Waals surface area contributed by atoms with Gasteiger partial charge in [0.2, 0.25) is 4.80 Å². The van der Waals surface area contributed by atoms with Gasteiger partial charge >= 0.3 is 4.87 Å². The van der Waals surface area contributed by atoms with Crippen LogP contribution >= 0.6 is 11.3 Å². The Kier molecular flexibility index (Phi) is 3.72. The van der Waals surface area contributed by atoms with Crippen molar-refractivity contribution in [3.8, 4) is 11.8 Å². The molecule has 8 heteroatoms. The van der Waals surface area contributed by atoms with Gasteiger partial charge in [-0.2, -0.15) is 5.26 Å². The van der Waals surface area contributed by atoms with Crippen molar-refractivity contribution in [3.63, 3.8) is 0 Å². The minimum absolute atomic E-state index is 0.0123. The van der Waals surface area contributed by atoms with E-state index in [4.69, 9.17) is 10.00 Å². The molecule has 6 nitrogen and oxygen atoms in total. The van der Waals surface area contributed by atoms with Crippen LogP contribution in [0.3, 0.4) is 0 Å². The lowest BCUT2D eigenvalue weighted by Crippen LogP contribution is -2.21. The number of nitrogens with zero attached hydrogens (tertiary/aromatic N) is 4. The van der Waals surface area contributed by atoms with E-state index in [0.717, 1.165) is 17.4 Å². The van der Waals surface area contributed by atoms with Crippen molar-refractivity contribution in [2.75, 3.05) is 7.11 Å². The molecule has 1 aromatic carbocycles. The van der Waals surface area contributed by atoms with E-state index in [2.05, 4.69) is 4.99 Å². The van der Waals surface area contributed by atoms with Gasteiger partial charge in [-0.15, -0.1) is 0 Å². The van der Waals surface area contributed by atoms with E-state index in [1.165, 1.54) is 22.5 Å². The molecule has 0 aliphatic heterocycles. The predicted octanol–water partition coefficient (Wildman–Crippen LogP) is 1.04. The number of methoxy groups -OCH3 is 1. The van der Waals surface area contributed by atoms with Gasteiger partial charge in [0.05, 0.1) is 12.7 Å². The van der Waals surface area contributed by atoms with Crippen LogP contribution in [-0.2, 0) is 14.1 Å². The molecule has 0 spiro atoms. The first-order chi connectivity index (χ1) is 9.47. The summed E-state index contributed by atoms with van der Waals surface area (Å²) >= 11 is 0.899. The minimum Gasteiger partial charge on any atom is -0.495 e. The first-order valence-corrected chi connectivity index (χ1v) is 6.35. The Morgan fingerprint density at radius 1 is 1.40 bits per heavy atom. The van der Waals surface area contributed by atoms with Crippen molar-refractivity contribution >= 4 is 17.0 Å². The van der Waals surface area contributed by atoms with Gasteiger partial charge in [0, 0.05) is 20.2 Å². The van der Waals surface area contributed by atoms with Gasteiger partial charge in [-0.1, -0.05) is 0 Å². The van der Waals surface area contributed by atoms with Crippen molar-refractivity contribution in [2.45, 2.75) is 0 Å². The van der Waals surface area contributed by atoms with Gasteiger partial charge < -0.3 is 4.74 Å². The van der Waals surface area contributed by atoms with Crippen LogP contribution in [-0.4, -0.2) is 16.5 Å². The number of halogens is 1. The monoisotopic (exact) mass is 294 g/mol. The Balaban J connectivity index is 2.68. The van der Waals surface area contributed by atoms with Crippen LogP contribution in [0.1, 0.15) is 5.56 Å². The maximum absolute atomic E-state index is 13.9. The van der Waals surface area contributed by atoms with Crippen LogP contribution < -0.4 is 14.4 Å². The molecule has 0 atom stereocenters. The third-order valence-electron chi connectivity index (χ3n) is 2.78. The molecular weight excluding hydrogens is 283 g/mol. The molecule has 0 amide bonds. The number of nitriles is 1. The molecule has 0 N–H and O–H groups in total. The zero-order valence-corrected chi connectivity index (χ0v) is 11.9. The summed E-state index contributed by atoms with van der Waals surface area (Å²) in [5.41, 5.74) is 0.105. The van der Waals surface area contributed by atoms with Gasteiger partial charge in [-0.3, -0.25) is 9.48 Å². The van der Waals surface area contributed by atoms with E-state index >= 15 is 0 Å². The summed E-state index contributed by atoms with van der Waals surface area (Å²) in [6.07, 6.45) is 0. The number of hydrogen-bond donors (Lipinski definition) is 0. The fourth-order valence-corrected chi connectivity index (χ4v) is 2.35. The fraction of sp³-hybridized carbons (Fsp3) is 0.250. The van der Waals surface area contributed by atoms with Gasteiger partial charge in [-0.25, -0.2) is 14.1 Å². The van der Waals surface area contributed by atoms with Crippen molar-refractivity contribution in [1.82, 2.24) is 9.36 Å². The number of rotatable bonds is 2. The normalized spacial score (nSPS) is 11.4. The van der Waals surface area contributed by atoms with Crippen molar-refractivity contribution < 1.29 is 9.13 Å². The SMILES string of the molecule is COc1cc(N=c2sc(=O)n(C)n2C)c(F)cc1C#N. The van der Waals surface area contributed by atoms with Crippen molar-refractivity contribution in [2.24, 2.45) is 19.1 Å². The lowest BCUT2D eigenvalue weighted by atomic mass is 10.2. The van der Waals surface area contributed by atoms with Crippen molar-refractivity contribution in [3.05, 3.63) is 38.0 Å². The summed E-state index contributed by atoms with van der Waals surface area (Å²) < 4.78 is 21.8. The van der Waals surface area contributed by atoms with E-state index < -0.39 is 5.82 Å². The lowest BCUT2D eigenvalue weighted by molar-refractivity contribution is 0.412. The number of hydrogen-bond acceptors (Lipinski definition) is 5. The minimum atomic E-state index is -0.647. The zero-order valence-electron chi connectivity index (χ0n) is 11.0. The Morgan fingerprint density at radius 2 is 2.10 bits per heavy atom. The van der Waals surface area contributed by atoms with Crippen LogP contribution in [0.5, 0.6) is 5.75 Å². The van der Waals surface area contributed by atoms with Gasteiger partial charge in [0.15, 0.2) is 5.82 Å². The Bertz CT molecular complexity index is 825. The highest BCUT2D eigenvalue weighted by Crippen LogP contribution is 2.27. The summed E-state index contributed by atoms with van der Waals surface area (Å²) in [7, 11) is 4.63. The average molecular weight is 294 g/mol. The number of benzene rings is 1. The maximum Gasteiger partial charge on any atom is 0.324 e. The molecule has 0 radical (unpaired) electrons. The molecule has 0 fully saturated rings. The summed E-state index contributed by atoms with van der Waals surface area (Å²) in [5.74, 6) is -0.413. The zero-order chi connectivity index (χ0) is 14.9. The summed E-state index contributed by atoms with van der Waals surface area (Å²) in [6, 6.07) is 4.23. The summed E-state index contributed by atoms with van der Waals surface area (Å²) in [5, 5.41) is 8.86. The molecule has 104 valence electrons. The van der Waals surface area contributed by atoms with E-state index in [-0.39, 0.29) is 21.9 Å². The second-order valence-corrected chi connectivity index (χ2v) is 4.84. The predicted molar refractivity (Wildman–Crippen MR) is 71.4 cm³/mol. The molecule has 1 heterocycles. The number of ether oxygens (including phenoxy) is 1. The van der Waals surface area contributed by atoms with Crippen LogP contribution in [0.2, 0.25) is 0 Å². The highest BCUT2D eigenvalue weighted by Gasteiger charge is 2.10. The van der Waals surface area contributed by atoms with Gasteiger partial charge in [0.1, 0.15) is 17.5 Å². The molecule has 2 rings (SSSR count). The summed E-state index contributed by atoms with van der Waals surface area (Å²) in [4.78, 5) is 15.7. The second-order valence-electron chi connectivity index (χ2n) is 3.93. The van der Waals surface area contributed by atoms with Crippen LogP contribution in [0.25, 0.3) is 0 Å². The molecule has 0 aliphatic carbocycles.